The molecule has 0 aliphatic rings. The van der Waals surface area contributed by atoms with Crippen LogP contribution in [0, 0.1) is 11.3 Å². The van der Waals surface area contributed by atoms with E-state index in [2.05, 4.69) is 12.6 Å². The predicted octanol–water partition coefficient (Wildman–Crippen LogP) is 3.78. The van der Waals surface area contributed by atoms with Crippen LogP contribution < -0.4 is 0 Å². The number of halogens is 1. The van der Waals surface area contributed by atoms with E-state index in [-0.39, 0.29) is 0 Å². The van der Waals surface area contributed by atoms with Crippen LogP contribution in [0.4, 0.5) is 0 Å². The summed E-state index contributed by atoms with van der Waals surface area (Å²) in [6.07, 6.45) is 1.73. The second-order valence-electron chi connectivity index (χ2n) is 3.71. The molecule has 0 amide bonds. The highest BCUT2D eigenvalue weighted by molar-refractivity contribution is 6.30. The maximum atomic E-state index is 8.98. The number of nitrogens with zero attached hydrogens (tertiary/aromatic N) is 1. The molecule has 1 aromatic carbocycles. The van der Waals surface area contributed by atoms with Crippen molar-refractivity contribution in [2.45, 2.75) is 19.3 Å². The average molecular weight is 206 g/mol. The normalized spacial score (nSPS) is 10.7. The molecule has 0 saturated heterocycles. The fourth-order valence-corrected chi connectivity index (χ4v) is 1.40. The third-order valence-electron chi connectivity index (χ3n) is 2.16. The standard InChI is InChI=1S/C12H12ClN/c1-4-9-5-10(7-11(13)6-9)12(2,3)8-14/h4-7H,1H2,2-3H3. The van der Waals surface area contributed by atoms with Crippen molar-refractivity contribution in [1.29, 1.82) is 5.26 Å². The quantitative estimate of drug-likeness (QED) is 0.721. The smallest absolute Gasteiger partial charge is 0.0767 e. The Morgan fingerprint density at radius 2 is 2.07 bits per heavy atom. The Kier molecular flexibility index (Phi) is 2.98. The Morgan fingerprint density at radius 3 is 2.57 bits per heavy atom. The van der Waals surface area contributed by atoms with Crippen LogP contribution in [-0.4, -0.2) is 0 Å². The molecule has 0 N–H and O–H groups in total. The fourth-order valence-electron chi connectivity index (χ4n) is 1.16. The van der Waals surface area contributed by atoms with Crippen molar-refractivity contribution in [1.82, 2.24) is 0 Å². The molecule has 2 heteroatoms. The van der Waals surface area contributed by atoms with E-state index in [1.807, 2.05) is 32.0 Å². The minimum Gasteiger partial charge on any atom is -0.197 e. The second kappa shape index (κ2) is 3.86. The lowest BCUT2D eigenvalue weighted by Crippen LogP contribution is -2.13. The maximum absolute atomic E-state index is 8.98. The van der Waals surface area contributed by atoms with Crippen molar-refractivity contribution >= 4 is 17.7 Å². The molecule has 0 heterocycles. The van der Waals surface area contributed by atoms with Gasteiger partial charge in [-0.15, -0.1) is 0 Å². The van der Waals surface area contributed by atoms with Crippen LogP contribution in [0.3, 0.4) is 0 Å². The molecule has 72 valence electrons. The Hall–Kier alpha value is -1.26. The van der Waals surface area contributed by atoms with Crippen molar-refractivity contribution in [3.05, 3.63) is 40.9 Å². The molecule has 0 fully saturated rings. The summed E-state index contributed by atoms with van der Waals surface area (Å²) in [6.45, 7) is 7.41. The second-order valence-corrected chi connectivity index (χ2v) is 4.15. The van der Waals surface area contributed by atoms with Crippen molar-refractivity contribution in [2.24, 2.45) is 0 Å². The summed E-state index contributed by atoms with van der Waals surface area (Å²) in [4.78, 5) is 0. The summed E-state index contributed by atoms with van der Waals surface area (Å²) in [5, 5.41) is 9.62. The maximum Gasteiger partial charge on any atom is 0.0767 e. The van der Waals surface area contributed by atoms with E-state index in [1.165, 1.54) is 0 Å². The molecule has 0 radical (unpaired) electrons. The van der Waals surface area contributed by atoms with Crippen LogP contribution in [0.1, 0.15) is 25.0 Å². The summed E-state index contributed by atoms with van der Waals surface area (Å²) < 4.78 is 0. The summed E-state index contributed by atoms with van der Waals surface area (Å²) in [6, 6.07) is 7.82. The summed E-state index contributed by atoms with van der Waals surface area (Å²) in [5.74, 6) is 0. The van der Waals surface area contributed by atoms with E-state index in [4.69, 9.17) is 16.9 Å². The van der Waals surface area contributed by atoms with Crippen LogP contribution in [0.2, 0.25) is 5.02 Å². The van der Waals surface area contributed by atoms with E-state index in [0.29, 0.717) is 5.02 Å². The molecule has 0 atom stereocenters. The minimum atomic E-state index is -0.511. The molecule has 1 nitrogen and oxygen atoms in total. The molecule has 0 unspecified atom stereocenters. The van der Waals surface area contributed by atoms with Gasteiger partial charge < -0.3 is 0 Å². The third-order valence-corrected chi connectivity index (χ3v) is 2.38. The van der Waals surface area contributed by atoms with Crippen LogP contribution in [0.5, 0.6) is 0 Å². The first-order chi connectivity index (χ1) is 6.49. The lowest BCUT2D eigenvalue weighted by atomic mass is 9.85. The first kappa shape index (κ1) is 10.8. The zero-order valence-corrected chi connectivity index (χ0v) is 9.10. The van der Waals surface area contributed by atoms with Crippen LogP contribution in [-0.2, 0) is 5.41 Å². The summed E-state index contributed by atoms with van der Waals surface area (Å²) >= 11 is 5.93. The molecule has 0 aliphatic carbocycles. The predicted molar refractivity (Wildman–Crippen MR) is 60.2 cm³/mol. The Bertz CT molecular complexity index is 399. The highest BCUT2D eigenvalue weighted by Gasteiger charge is 2.20. The molecule has 0 aliphatic heterocycles. The number of hydrogen-bond acceptors (Lipinski definition) is 1. The topological polar surface area (TPSA) is 23.8 Å². The average Bonchev–Trinajstić information content (AvgIpc) is 2.16. The molecule has 0 aromatic heterocycles. The summed E-state index contributed by atoms with van der Waals surface area (Å²) in [5.41, 5.74) is 1.35. The molecule has 14 heavy (non-hydrogen) atoms. The zero-order valence-electron chi connectivity index (χ0n) is 8.34. The lowest BCUT2D eigenvalue weighted by molar-refractivity contribution is 0.687. The van der Waals surface area contributed by atoms with Crippen LogP contribution in [0.25, 0.3) is 6.08 Å². The largest absolute Gasteiger partial charge is 0.197 e. The monoisotopic (exact) mass is 205 g/mol. The molecular formula is C12H12ClN. The fraction of sp³-hybridized carbons (Fsp3) is 0.250. The highest BCUT2D eigenvalue weighted by atomic mass is 35.5. The van der Waals surface area contributed by atoms with E-state index in [0.717, 1.165) is 11.1 Å². The van der Waals surface area contributed by atoms with Gasteiger partial charge in [0.1, 0.15) is 0 Å². The Morgan fingerprint density at radius 1 is 1.43 bits per heavy atom. The van der Waals surface area contributed by atoms with Crippen LogP contribution in [0.15, 0.2) is 24.8 Å². The van der Waals surface area contributed by atoms with E-state index in [9.17, 15) is 0 Å². The molecule has 1 aromatic rings. The van der Waals surface area contributed by atoms with Crippen molar-refractivity contribution in [3.63, 3.8) is 0 Å². The van der Waals surface area contributed by atoms with Gasteiger partial charge in [0, 0.05) is 5.02 Å². The van der Waals surface area contributed by atoms with Gasteiger partial charge in [0.05, 0.1) is 11.5 Å². The molecule has 1 rings (SSSR count). The first-order valence-corrected chi connectivity index (χ1v) is 4.72. The van der Waals surface area contributed by atoms with E-state index < -0.39 is 5.41 Å². The van der Waals surface area contributed by atoms with Gasteiger partial charge >= 0.3 is 0 Å². The number of rotatable bonds is 2. The third kappa shape index (κ3) is 2.16. The first-order valence-electron chi connectivity index (χ1n) is 4.34. The van der Waals surface area contributed by atoms with Gasteiger partial charge in [0.25, 0.3) is 0 Å². The van der Waals surface area contributed by atoms with Gasteiger partial charge in [-0.05, 0) is 37.1 Å². The summed E-state index contributed by atoms with van der Waals surface area (Å²) in [7, 11) is 0. The highest BCUT2D eigenvalue weighted by Crippen LogP contribution is 2.26. The number of benzene rings is 1. The van der Waals surface area contributed by atoms with Gasteiger partial charge in [0.2, 0.25) is 0 Å². The number of nitriles is 1. The van der Waals surface area contributed by atoms with Gasteiger partial charge in [-0.1, -0.05) is 30.3 Å². The molecule has 0 bridgehead atoms. The van der Waals surface area contributed by atoms with Gasteiger partial charge in [-0.2, -0.15) is 5.26 Å². The minimum absolute atomic E-state index is 0.511. The van der Waals surface area contributed by atoms with Crippen molar-refractivity contribution < 1.29 is 0 Å². The van der Waals surface area contributed by atoms with E-state index in [1.54, 1.807) is 6.08 Å². The Labute approximate surface area is 89.6 Å². The Balaban J connectivity index is 3.30. The van der Waals surface area contributed by atoms with Crippen molar-refractivity contribution in [2.75, 3.05) is 0 Å². The lowest BCUT2D eigenvalue weighted by Gasteiger charge is -2.16. The number of hydrogen-bond donors (Lipinski definition) is 0. The van der Waals surface area contributed by atoms with Crippen LogP contribution >= 0.6 is 11.6 Å². The molecular weight excluding hydrogens is 194 g/mol. The van der Waals surface area contributed by atoms with Gasteiger partial charge in [-0.25, -0.2) is 0 Å². The van der Waals surface area contributed by atoms with Gasteiger partial charge in [-0.3, -0.25) is 0 Å². The molecule has 0 spiro atoms. The molecule has 0 saturated carbocycles. The SMILES string of the molecule is C=Cc1cc(Cl)cc(C(C)(C)C#N)c1. The van der Waals surface area contributed by atoms with Gasteiger partial charge in [0.15, 0.2) is 0 Å². The van der Waals surface area contributed by atoms with E-state index >= 15 is 0 Å². The zero-order chi connectivity index (χ0) is 10.8. The van der Waals surface area contributed by atoms with Crippen molar-refractivity contribution in [3.8, 4) is 6.07 Å².